The summed E-state index contributed by atoms with van der Waals surface area (Å²) in [6.45, 7) is 4.95. The molecule has 3 nitrogen and oxygen atoms in total. The third-order valence-electron chi connectivity index (χ3n) is 4.44. The van der Waals surface area contributed by atoms with Crippen molar-refractivity contribution in [3.05, 3.63) is 62.0 Å². The molecule has 2 aromatic rings. The maximum atomic E-state index is 6.15. The minimum absolute atomic E-state index is 0.655. The maximum absolute atomic E-state index is 6.15. The summed E-state index contributed by atoms with van der Waals surface area (Å²) in [6.07, 6.45) is 5.02. The lowest BCUT2D eigenvalue weighted by atomic mass is 10.0. The molecule has 0 radical (unpaired) electrons. The first kappa shape index (κ1) is 20.7. The Bertz CT molecular complexity index is 794. The summed E-state index contributed by atoms with van der Waals surface area (Å²) in [5.41, 5.74) is 2.05. The molecule has 0 unspecified atom stereocenters. The zero-order valence-corrected chi connectivity index (χ0v) is 18.1. The van der Waals surface area contributed by atoms with Gasteiger partial charge in [0.05, 0.1) is 6.61 Å². The number of rotatable bonds is 9. The molecule has 0 bridgehead atoms. The fraction of sp³-hybridized carbons (Fsp3) is 0.333. The lowest BCUT2D eigenvalue weighted by Crippen LogP contribution is -2.47. The second-order valence-electron chi connectivity index (χ2n) is 6.61. The van der Waals surface area contributed by atoms with Crippen LogP contribution >= 0.6 is 39.1 Å². The summed E-state index contributed by atoms with van der Waals surface area (Å²) in [5.74, 6) is 1.58. The van der Waals surface area contributed by atoms with E-state index in [0.29, 0.717) is 16.7 Å². The molecular formula is C21H23BrCl2N2O. The normalized spacial score (nSPS) is 14.5. The molecule has 0 atom stereocenters. The first-order chi connectivity index (χ1) is 13.1. The monoisotopic (exact) mass is 468 g/mol. The highest BCUT2D eigenvalue weighted by atomic mass is 79.9. The minimum Gasteiger partial charge on any atom is -0.493 e. The van der Waals surface area contributed by atoms with Gasteiger partial charge in [0, 0.05) is 39.7 Å². The Kier molecular flexibility index (Phi) is 8.04. The Morgan fingerprint density at radius 3 is 2.48 bits per heavy atom. The van der Waals surface area contributed by atoms with Crippen molar-refractivity contribution >= 4 is 51.3 Å². The Morgan fingerprint density at radius 2 is 1.78 bits per heavy atom. The van der Waals surface area contributed by atoms with Crippen molar-refractivity contribution < 1.29 is 4.74 Å². The molecule has 0 aromatic heterocycles. The predicted octanol–water partition coefficient (Wildman–Crippen LogP) is 5.50. The Morgan fingerprint density at radius 1 is 1.07 bits per heavy atom. The molecule has 6 heteroatoms. The van der Waals surface area contributed by atoms with Gasteiger partial charge in [-0.05, 0) is 54.8 Å². The number of halogens is 3. The van der Waals surface area contributed by atoms with Crippen molar-refractivity contribution in [3.8, 4) is 5.75 Å². The van der Waals surface area contributed by atoms with Gasteiger partial charge in [0.15, 0.2) is 0 Å². The van der Waals surface area contributed by atoms with E-state index in [2.05, 4.69) is 26.6 Å². The van der Waals surface area contributed by atoms with Crippen LogP contribution in [-0.4, -0.2) is 32.8 Å². The third-order valence-corrected chi connectivity index (χ3v) is 5.59. The van der Waals surface area contributed by atoms with E-state index in [4.69, 9.17) is 27.9 Å². The van der Waals surface area contributed by atoms with Crippen LogP contribution in [0.25, 0.3) is 12.2 Å². The van der Waals surface area contributed by atoms with Crippen LogP contribution in [-0.2, 0) is 0 Å². The molecule has 1 fully saturated rings. The smallest absolute Gasteiger partial charge is 0.127 e. The number of ether oxygens (including phenoxy) is 1. The summed E-state index contributed by atoms with van der Waals surface area (Å²) in [6, 6.07) is 11.4. The standard InChI is InChI=1S/C21H23BrCl2N2O/c22-20-10-18(23)6-4-16(20)2-3-17-5-7-19(24)11-21(17)27-9-1-8-25-12-15-13-26-14-15/h2-7,10-11,15,25-26H,1,8-9,12-14H2/b3-2+. The molecule has 1 aliphatic heterocycles. The average molecular weight is 470 g/mol. The third kappa shape index (κ3) is 6.51. The van der Waals surface area contributed by atoms with Crippen LogP contribution in [0, 0.1) is 5.92 Å². The van der Waals surface area contributed by atoms with Crippen molar-refractivity contribution in [3.63, 3.8) is 0 Å². The van der Waals surface area contributed by atoms with E-state index in [1.54, 1.807) is 0 Å². The van der Waals surface area contributed by atoms with Crippen molar-refractivity contribution in [1.29, 1.82) is 0 Å². The Balaban J connectivity index is 1.54. The van der Waals surface area contributed by atoms with E-state index in [-0.39, 0.29) is 0 Å². The summed E-state index contributed by atoms with van der Waals surface area (Å²) in [5, 5.41) is 8.14. The van der Waals surface area contributed by atoms with Crippen molar-refractivity contribution in [2.75, 3.05) is 32.8 Å². The zero-order chi connectivity index (χ0) is 19.1. The highest BCUT2D eigenvalue weighted by Crippen LogP contribution is 2.27. The lowest BCUT2D eigenvalue weighted by Gasteiger charge is -2.27. The molecule has 1 aliphatic rings. The van der Waals surface area contributed by atoms with Crippen molar-refractivity contribution in [2.45, 2.75) is 6.42 Å². The van der Waals surface area contributed by atoms with Crippen LogP contribution < -0.4 is 15.4 Å². The number of hydrogen-bond donors (Lipinski definition) is 2. The fourth-order valence-electron chi connectivity index (χ4n) is 2.77. The van der Waals surface area contributed by atoms with Gasteiger partial charge in [-0.25, -0.2) is 0 Å². The number of hydrogen-bond acceptors (Lipinski definition) is 3. The van der Waals surface area contributed by atoms with Gasteiger partial charge in [-0.3, -0.25) is 0 Å². The second-order valence-corrected chi connectivity index (χ2v) is 8.34. The van der Waals surface area contributed by atoms with Crippen LogP contribution in [0.4, 0.5) is 0 Å². The molecule has 27 heavy (non-hydrogen) atoms. The highest BCUT2D eigenvalue weighted by molar-refractivity contribution is 9.10. The molecule has 2 N–H and O–H groups in total. The molecule has 0 spiro atoms. The van der Waals surface area contributed by atoms with Gasteiger partial charge in [-0.1, -0.05) is 57.4 Å². The number of benzene rings is 2. The Hall–Kier alpha value is -1.04. The predicted molar refractivity (Wildman–Crippen MR) is 119 cm³/mol. The molecule has 0 aliphatic carbocycles. The fourth-order valence-corrected chi connectivity index (χ4v) is 3.74. The zero-order valence-electron chi connectivity index (χ0n) is 15.0. The van der Waals surface area contributed by atoms with Crippen LogP contribution in [0.1, 0.15) is 17.5 Å². The van der Waals surface area contributed by atoms with Gasteiger partial charge >= 0.3 is 0 Å². The molecule has 0 saturated carbocycles. The SMILES string of the molecule is Clc1ccc(/C=C/c2ccc(Cl)cc2OCCCNCC2CNC2)c(Br)c1. The summed E-state index contributed by atoms with van der Waals surface area (Å²) >= 11 is 15.7. The van der Waals surface area contributed by atoms with Crippen molar-refractivity contribution in [1.82, 2.24) is 10.6 Å². The van der Waals surface area contributed by atoms with Gasteiger partial charge < -0.3 is 15.4 Å². The van der Waals surface area contributed by atoms with Crippen LogP contribution in [0.5, 0.6) is 5.75 Å². The van der Waals surface area contributed by atoms with Gasteiger partial charge in [0.1, 0.15) is 5.75 Å². The van der Waals surface area contributed by atoms with Crippen LogP contribution in [0.3, 0.4) is 0 Å². The van der Waals surface area contributed by atoms with E-state index < -0.39 is 0 Å². The highest BCUT2D eigenvalue weighted by Gasteiger charge is 2.15. The van der Waals surface area contributed by atoms with E-state index >= 15 is 0 Å². The van der Waals surface area contributed by atoms with E-state index in [0.717, 1.165) is 59.9 Å². The maximum Gasteiger partial charge on any atom is 0.127 e. The van der Waals surface area contributed by atoms with Crippen LogP contribution in [0.15, 0.2) is 40.9 Å². The van der Waals surface area contributed by atoms with Gasteiger partial charge in [0.2, 0.25) is 0 Å². The van der Waals surface area contributed by atoms with E-state index in [9.17, 15) is 0 Å². The summed E-state index contributed by atoms with van der Waals surface area (Å²) < 4.78 is 6.94. The first-order valence-electron chi connectivity index (χ1n) is 9.09. The molecule has 3 rings (SSSR count). The van der Waals surface area contributed by atoms with E-state index in [1.165, 1.54) is 0 Å². The van der Waals surface area contributed by atoms with Gasteiger partial charge in [0.25, 0.3) is 0 Å². The summed E-state index contributed by atoms with van der Waals surface area (Å²) in [4.78, 5) is 0. The minimum atomic E-state index is 0.655. The lowest BCUT2D eigenvalue weighted by molar-refractivity contribution is 0.296. The second kappa shape index (κ2) is 10.5. The van der Waals surface area contributed by atoms with Gasteiger partial charge in [-0.2, -0.15) is 0 Å². The van der Waals surface area contributed by atoms with Gasteiger partial charge in [-0.15, -0.1) is 0 Å². The summed E-state index contributed by atoms with van der Waals surface area (Å²) in [7, 11) is 0. The molecule has 1 heterocycles. The first-order valence-corrected chi connectivity index (χ1v) is 10.6. The van der Waals surface area contributed by atoms with Crippen LogP contribution in [0.2, 0.25) is 10.0 Å². The Labute approximate surface area is 179 Å². The van der Waals surface area contributed by atoms with Crippen molar-refractivity contribution in [2.24, 2.45) is 5.92 Å². The number of nitrogens with one attached hydrogen (secondary N) is 2. The average Bonchev–Trinajstić information content (AvgIpc) is 2.60. The van der Waals surface area contributed by atoms with E-state index in [1.807, 2.05) is 48.6 Å². The molecule has 2 aromatic carbocycles. The molecule has 1 saturated heterocycles. The largest absolute Gasteiger partial charge is 0.493 e. The molecule has 0 amide bonds. The molecule has 144 valence electrons. The quantitative estimate of drug-likeness (QED) is 0.375. The molecular weight excluding hydrogens is 447 g/mol. The topological polar surface area (TPSA) is 33.3 Å².